The minimum Gasteiger partial charge on any atom is -0.465 e. The van der Waals surface area contributed by atoms with Gasteiger partial charge in [0.25, 0.3) is 0 Å². The first-order chi connectivity index (χ1) is 25.8. The van der Waals surface area contributed by atoms with Crippen LogP contribution in [-0.4, -0.2) is 61.5 Å². The number of hydrogen-bond donors (Lipinski definition) is 4. The molecule has 17 heteroatoms. The van der Waals surface area contributed by atoms with E-state index in [9.17, 15) is 9.59 Å². The standard InChI is InChI=1S/C26H35N6O6P.C7H9NO2.C5H10.H3P/c1-8-27-25(20-13-19(15-35-7)30-31(20)6)29-22-9-10-28-32(22)16-36-23(33)14-26(4,5)24-18(3)11-17(2)12-21(24)37-39-38-34;1-3-6(2)4-5-8-7(9)10;1-2-4-5-3-1;/h8-13,34,39H,1,14-16H2,2-7H3,(H,27,29);1,8H,2,4-5H2,(H,9,10);1-5H2;1H3. The van der Waals surface area contributed by atoms with Crippen LogP contribution in [0, 0.1) is 26.2 Å². The molecular formula is C38H57N7O8P2. The van der Waals surface area contributed by atoms with Crippen LogP contribution in [0.2, 0.25) is 0 Å². The number of ether oxygens (including phenoxy) is 2. The zero-order chi connectivity index (χ0) is 40.1. The summed E-state index contributed by atoms with van der Waals surface area (Å²) in [5.41, 5.74) is 4.23. The van der Waals surface area contributed by atoms with E-state index in [-0.39, 0.29) is 23.1 Å². The van der Waals surface area contributed by atoms with Crippen molar-refractivity contribution in [2.75, 3.05) is 19.0 Å². The molecule has 0 aliphatic heterocycles. The van der Waals surface area contributed by atoms with E-state index in [0.717, 1.165) is 22.4 Å². The Morgan fingerprint density at radius 1 is 1.18 bits per heavy atom. The maximum atomic E-state index is 12.9. The fraction of sp³-hybridized carbons (Fsp3) is 0.447. The molecule has 0 bridgehead atoms. The molecule has 2 atom stereocenters. The number of aryl methyl sites for hydroxylation is 3. The lowest BCUT2D eigenvalue weighted by atomic mass is 9.78. The van der Waals surface area contributed by atoms with Crippen molar-refractivity contribution in [1.82, 2.24) is 24.9 Å². The largest absolute Gasteiger partial charge is 0.465 e. The second-order valence-corrected chi connectivity index (χ2v) is 13.6. The van der Waals surface area contributed by atoms with Crippen LogP contribution >= 0.6 is 18.9 Å². The molecule has 0 radical (unpaired) electrons. The van der Waals surface area contributed by atoms with Gasteiger partial charge in [0.2, 0.25) is 9.03 Å². The number of hydrogen-bond acceptors (Lipinski definition) is 10. The second kappa shape index (κ2) is 25.5. The number of nitrogens with zero attached hydrogens (tertiary/aromatic N) is 5. The quantitative estimate of drug-likeness (QED) is 0.0214. The van der Waals surface area contributed by atoms with Gasteiger partial charge in [-0.05, 0) is 49.1 Å². The van der Waals surface area contributed by atoms with Crippen molar-refractivity contribution < 1.29 is 38.6 Å². The highest BCUT2D eigenvalue weighted by atomic mass is 31.1. The van der Waals surface area contributed by atoms with Crippen molar-refractivity contribution in [1.29, 1.82) is 0 Å². The van der Waals surface area contributed by atoms with Gasteiger partial charge in [0.15, 0.2) is 12.6 Å². The van der Waals surface area contributed by atoms with E-state index in [4.69, 9.17) is 30.8 Å². The molecule has 0 spiro atoms. The van der Waals surface area contributed by atoms with E-state index in [1.54, 1.807) is 31.1 Å². The molecule has 4 N–H and O–H groups in total. The summed E-state index contributed by atoms with van der Waals surface area (Å²) in [6.45, 7) is 15.6. The number of esters is 1. The molecule has 1 amide bonds. The summed E-state index contributed by atoms with van der Waals surface area (Å²) in [4.78, 5) is 27.2. The first-order valence-electron chi connectivity index (χ1n) is 17.4. The van der Waals surface area contributed by atoms with Gasteiger partial charge in [0.1, 0.15) is 17.3 Å². The molecule has 2 heterocycles. The van der Waals surface area contributed by atoms with Crippen molar-refractivity contribution in [3.63, 3.8) is 0 Å². The molecule has 1 aromatic carbocycles. The highest BCUT2D eigenvalue weighted by Crippen LogP contribution is 2.40. The molecular weight excluding hydrogens is 744 g/mol. The van der Waals surface area contributed by atoms with Gasteiger partial charge in [0, 0.05) is 43.9 Å². The summed E-state index contributed by atoms with van der Waals surface area (Å²) in [6.07, 6.45) is 15.0. The molecule has 4 rings (SSSR count). The number of nitrogens with one attached hydrogen (secondary N) is 2. The van der Waals surface area contributed by atoms with Gasteiger partial charge in [-0.1, -0.05) is 71.1 Å². The van der Waals surface area contributed by atoms with Crippen LogP contribution in [0.5, 0.6) is 5.75 Å². The number of anilines is 1. The molecule has 2 unspecified atom stereocenters. The first-order valence-corrected chi connectivity index (χ1v) is 18.2. The number of terminal acetylenes is 1. The van der Waals surface area contributed by atoms with Gasteiger partial charge in [-0.15, -0.1) is 6.42 Å². The van der Waals surface area contributed by atoms with Crippen LogP contribution in [0.1, 0.15) is 86.9 Å². The number of methoxy groups -OCH3 is 1. The lowest BCUT2D eigenvalue weighted by molar-refractivity contribution is -0.149. The third-order valence-corrected chi connectivity index (χ3v) is 8.43. The maximum Gasteiger partial charge on any atom is 0.404 e. The number of aromatic nitrogens is 4. The summed E-state index contributed by atoms with van der Waals surface area (Å²) in [7, 11) is 2.83. The van der Waals surface area contributed by atoms with E-state index in [0.29, 0.717) is 48.2 Å². The van der Waals surface area contributed by atoms with Crippen molar-refractivity contribution >= 4 is 42.6 Å². The molecule has 3 aromatic rings. The zero-order valence-electron chi connectivity index (χ0n) is 32.8. The SMILES string of the molecule is C#CC(=C)CCNC(=O)O.C1CCCC1.C=CN=C(Nc1ccnn1COC(=O)CC(C)(C)c1c(C)cc(C)cc1OPOO)c1cc(COC)nn1C.P. The smallest absolute Gasteiger partial charge is 0.404 e. The van der Waals surface area contributed by atoms with Crippen LogP contribution < -0.4 is 15.2 Å². The predicted octanol–water partition coefficient (Wildman–Crippen LogP) is 7.47. The minimum atomic E-state index is -1.04. The lowest BCUT2D eigenvalue weighted by Crippen LogP contribution is -2.26. The molecule has 15 nitrogen and oxygen atoms in total. The Morgan fingerprint density at radius 2 is 1.85 bits per heavy atom. The Labute approximate surface area is 329 Å². The van der Waals surface area contributed by atoms with Gasteiger partial charge in [-0.3, -0.25) is 9.48 Å². The van der Waals surface area contributed by atoms with Crippen molar-refractivity contribution in [2.45, 2.75) is 91.4 Å². The minimum absolute atomic E-state index is 0. The fourth-order valence-electron chi connectivity index (χ4n) is 5.73. The van der Waals surface area contributed by atoms with E-state index in [1.165, 1.54) is 43.0 Å². The molecule has 55 heavy (non-hydrogen) atoms. The average molecular weight is 802 g/mol. The number of rotatable bonds is 16. The van der Waals surface area contributed by atoms with E-state index < -0.39 is 26.5 Å². The van der Waals surface area contributed by atoms with E-state index in [1.807, 2.05) is 45.9 Å². The summed E-state index contributed by atoms with van der Waals surface area (Å²) >= 11 is 0. The Hall–Kier alpha value is -4.57. The maximum absolute atomic E-state index is 12.9. The number of benzene rings is 1. The van der Waals surface area contributed by atoms with Gasteiger partial charge >= 0.3 is 12.1 Å². The Kier molecular flexibility index (Phi) is 22.5. The van der Waals surface area contributed by atoms with Gasteiger partial charge < -0.3 is 29.7 Å². The van der Waals surface area contributed by atoms with Gasteiger partial charge in [-0.25, -0.2) is 19.7 Å². The third-order valence-electron chi connectivity index (χ3n) is 8.05. The number of amidine groups is 1. The predicted molar refractivity (Wildman–Crippen MR) is 222 cm³/mol. The van der Waals surface area contributed by atoms with Crippen molar-refractivity contribution in [3.8, 4) is 18.1 Å². The van der Waals surface area contributed by atoms with Crippen LogP contribution in [0.15, 0.2) is 60.4 Å². The van der Waals surface area contributed by atoms with Crippen LogP contribution in [-0.2, 0) is 44.7 Å². The molecule has 1 aliphatic carbocycles. The van der Waals surface area contributed by atoms with Crippen molar-refractivity contribution in [3.05, 3.63) is 83.5 Å². The molecule has 1 fully saturated rings. The molecule has 1 saturated carbocycles. The van der Waals surface area contributed by atoms with Crippen LogP contribution in [0.3, 0.4) is 0 Å². The molecule has 302 valence electrons. The number of carbonyl (C=O) groups is 2. The molecule has 1 aliphatic rings. The van der Waals surface area contributed by atoms with Crippen molar-refractivity contribution in [2.24, 2.45) is 12.0 Å². The monoisotopic (exact) mass is 801 g/mol. The second-order valence-electron chi connectivity index (χ2n) is 13.0. The third kappa shape index (κ3) is 17.2. The van der Waals surface area contributed by atoms with Crippen LogP contribution in [0.4, 0.5) is 10.6 Å². The van der Waals surface area contributed by atoms with Crippen LogP contribution in [0.25, 0.3) is 0 Å². The fourth-order valence-corrected chi connectivity index (χ4v) is 6.02. The number of aliphatic imine (C=N–C) groups is 1. The highest BCUT2D eigenvalue weighted by molar-refractivity contribution is 7.26. The first kappa shape index (κ1) is 48.4. The number of carboxylic acid groups (broad SMARTS) is 1. The Morgan fingerprint density at radius 3 is 2.44 bits per heavy atom. The Balaban J connectivity index is 0.000000787. The van der Waals surface area contributed by atoms with Gasteiger partial charge in [0.05, 0.1) is 24.9 Å². The summed E-state index contributed by atoms with van der Waals surface area (Å²) in [5.74, 6) is 3.50. The summed E-state index contributed by atoms with van der Waals surface area (Å²) < 4.78 is 23.7. The van der Waals surface area contributed by atoms with E-state index in [2.05, 4.69) is 49.6 Å². The highest BCUT2D eigenvalue weighted by Gasteiger charge is 2.31. The van der Waals surface area contributed by atoms with Gasteiger partial charge in [-0.2, -0.15) is 24.8 Å². The topological polar surface area (TPSA) is 184 Å². The normalized spacial score (nSPS) is 12.3. The Bertz CT molecular complexity index is 1750. The summed E-state index contributed by atoms with van der Waals surface area (Å²) in [6, 6.07) is 7.47. The average Bonchev–Trinajstić information content (AvgIpc) is 3.90. The number of amides is 1. The molecule has 0 saturated heterocycles. The zero-order valence-corrected chi connectivity index (χ0v) is 35.2. The summed E-state index contributed by atoms with van der Waals surface area (Å²) in [5, 5.41) is 30.9. The lowest BCUT2D eigenvalue weighted by Gasteiger charge is -2.28. The molecule has 2 aromatic heterocycles. The van der Waals surface area contributed by atoms with E-state index >= 15 is 0 Å². The number of carbonyl (C=O) groups excluding carboxylic acids is 1.